The molecule has 0 aliphatic carbocycles. The van der Waals surface area contributed by atoms with Crippen LogP contribution in [0.25, 0.3) is 0 Å². The third-order valence-electron chi connectivity index (χ3n) is 5.62. The minimum atomic E-state index is -1.71. The summed E-state index contributed by atoms with van der Waals surface area (Å²) in [5, 5.41) is 25.0. The normalized spacial score (nSPS) is 26.5. The van der Waals surface area contributed by atoms with E-state index in [9.17, 15) is 9.50 Å². The van der Waals surface area contributed by atoms with Crippen molar-refractivity contribution in [3.8, 4) is 6.07 Å². The maximum atomic E-state index is 14.3. The summed E-state index contributed by atoms with van der Waals surface area (Å²) in [5.41, 5.74) is -1.74. The molecule has 2 fully saturated rings. The Labute approximate surface area is 159 Å². The van der Waals surface area contributed by atoms with Gasteiger partial charge in [-0.2, -0.15) is 10.2 Å². The number of hydrogen-bond donors (Lipinski definition) is 3. The molecule has 0 amide bonds. The summed E-state index contributed by atoms with van der Waals surface area (Å²) in [6, 6.07) is 2.40. The summed E-state index contributed by atoms with van der Waals surface area (Å²) in [4.78, 5) is 10.6. The maximum Gasteiger partial charge on any atom is 0.227 e. The fourth-order valence-electron chi connectivity index (χ4n) is 4.24. The molecule has 3 heterocycles. The van der Waals surface area contributed by atoms with Gasteiger partial charge in [0.05, 0.1) is 17.8 Å². The molecule has 27 heavy (non-hydrogen) atoms. The van der Waals surface area contributed by atoms with Gasteiger partial charge in [0.1, 0.15) is 0 Å². The van der Waals surface area contributed by atoms with Gasteiger partial charge < -0.3 is 15.7 Å². The van der Waals surface area contributed by atoms with Crippen molar-refractivity contribution in [1.29, 1.82) is 5.26 Å². The number of hydrogen-bond acceptors (Lipinski definition) is 7. The highest BCUT2D eigenvalue weighted by Gasteiger charge is 2.43. The summed E-state index contributed by atoms with van der Waals surface area (Å²) < 4.78 is 14.3. The molecule has 0 saturated carbocycles. The van der Waals surface area contributed by atoms with Crippen molar-refractivity contribution in [2.45, 2.75) is 69.8 Å². The van der Waals surface area contributed by atoms with Gasteiger partial charge in [-0.3, -0.25) is 4.90 Å². The Morgan fingerprint density at radius 3 is 3.00 bits per heavy atom. The molecule has 7 nitrogen and oxygen atoms in total. The summed E-state index contributed by atoms with van der Waals surface area (Å²) >= 11 is 0. The van der Waals surface area contributed by atoms with Crippen molar-refractivity contribution in [2.75, 3.05) is 17.2 Å². The summed E-state index contributed by atoms with van der Waals surface area (Å²) in [6.45, 7) is 10.5. The first kappa shape index (κ1) is 19.5. The number of aliphatic hydroxyl groups is 1. The number of aromatic nitrogens is 2. The number of nitrogens with one attached hydrogen (secondary N) is 2. The molecule has 2 aliphatic heterocycles. The van der Waals surface area contributed by atoms with E-state index in [2.05, 4.69) is 45.9 Å². The second-order valence-corrected chi connectivity index (χ2v) is 8.26. The lowest BCUT2D eigenvalue weighted by Gasteiger charge is -2.47. The quantitative estimate of drug-likeness (QED) is 0.538. The van der Waals surface area contributed by atoms with Crippen molar-refractivity contribution in [2.24, 2.45) is 0 Å². The van der Waals surface area contributed by atoms with Gasteiger partial charge in [-0.1, -0.05) is 6.58 Å². The molecule has 0 radical (unpaired) electrons. The first-order valence-corrected chi connectivity index (χ1v) is 9.28. The van der Waals surface area contributed by atoms with Crippen molar-refractivity contribution >= 4 is 11.8 Å². The van der Waals surface area contributed by atoms with E-state index in [4.69, 9.17) is 5.26 Å². The number of piperidine rings is 1. The lowest BCUT2D eigenvalue weighted by atomic mass is 9.84. The number of rotatable bonds is 5. The largest absolute Gasteiger partial charge is 0.366 e. The molecule has 8 heteroatoms. The fourth-order valence-corrected chi connectivity index (χ4v) is 4.24. The van der Waals surface area contributed by atoms with Gasteiger partial charge >= 0.3 is 0 Å². The highest BCUT2D eigenvalue weighted by atomic mass is 19.1. The van der Waals surface area contributed by atoms with Gasteiger partial charge in [0.15, 0.2) is 17.4 Å². The maximum absolute atomic E-state index is 14.3. The van der Waals surface area contributed by atoms with Crippen LogP contribution in [0.2, 0.25) is 0 Å². The molecule has 3 atom stereocenters. The van der Waals surface area contributed by atoms with Crippen LogP contribution in [0.5, 0.6) is 0 Å². The van der Waals surface area contributed by atoms with E-state index in [0.717, 1.165) is 25.6 Å². The number of anilines is 2. The Balaban J connectivity index is 1.75. The predicted octanol–water partition coefficient (Wildman–Crippen LogP) is 2.63. The highest BCUT2D eigenvalue weighted by Crippen LogP contribution is 2.38. The summed E-state index contributed by atoms with van der Waals surface area (Å²) in [7, 11) is 0. The Hall–Kier alpha value is -2.24. The molecule has 0 aromatic carbocycles. The molecule has 0 spiro atoms. The number of fused-ring (bicyclic) bond motifs is 1. The van der Waals surface area contributed by atoms with E-state index in [1.165, 1.54) is 19.8 Å². The minimum Gasteiger partial charge on any atom is -0.366 e. The first-order chi connectivity index (χ1) is 12.6. The van der Waals surface area contributed by atoms with E-state index in [1.807, 2.05) is 0 Å². The van der Waals surface area contributed by atoms with Gasteiger partial charge in [0, 0.05) is 17.6 Å². The Morgan fingerprint density at radius 1 is 1.56 bits per heavy atom. The first-order valence-electron chi connectivity index (χ1n) is 9.28. The number of nitriles is 1. The third kappa shape index (κ3) is 4.04. The van der Waals surface area contributed by atoms with E-state index in [1.54, 1.807) is 6.07 Å². The molecular weight excluding hydrogens is 347 g/mol. The van der Waals surface area contributed by atoms with E-state index in [-0.39, 0.29) is 28.9 Å². The lowest BCUT2D eigenvalue weighted by molar-refractivity contribution is 0.0500. The predicted molar refractivity (Wildman–Crippen MR) is 101 cm³/mol. The van der Waals surface area contributed by atoms with Crippen LogP contribution in [0.4, 0.5) is 16.2 Å². The topological polar surface area (TPSA) is 97.1 Å². The van der Waals surface area contributed by atoms with E-state index >= 15 is 0 Å². The van der Waals surface area contributed by atoms with Gasteiger partial charge in [0.25, 0.3) is 0 Å². The molecule has 1 aromatic rings. The Kier molecular flexibility index (Phi) is 5.10. The van der Waals surface area contributed by atoms with Gasteiger partial charge in [-0.25, -0.2) is 9.37 Å². The van der Waals surface area contributed by atoms with Crippen molar-refractivity contribution in [3.63, 3.8) is 0 Å². The number of halogens is 1. The third-order valence-corrected chi connectivity index (χ3v) is 5.62. The monoisotopic (exact) mass is 374 g/mol. The smallest absolute Gasteiger partial charge is 0.227 e. The van der Waals surface area contributed by atoms with Crippen LogP contribution in [0.1, 0.15) is 46.5 Å². The van der Waals surface area contributed by atoms with Crippen LogP contribution in [-0.4, -0.2) is 49.9 Å². The molecular formula is C19H27FN6O. The lowest BCUT2D eigenvalue weighted by Crippen LogP contribution is -2.55. The fraction of sp³-hybridized carbons (Fsp3) is 0.632. The molecule has 1 aromatic heterocycles. The standard InChI is InChI=1S/C19H27FN6O/c1-12(10-21)19(4,27)25-17-22-11-15(20)16(24-17)23-13-8-14-6-5-7-26(14)18(2,3)9-13/h11,13-14,27H,1,5-9H2,2-4H3,(H2,22,23,24,25). The van der Waals surface area contributed by atoms with Crippen LogP contribution < -0.4 is 10.6 Å². The van der Waals surface area contributed by atoms with Crippen molar-refractivity contribution in [3.05, 3.63) is 24.2 Å². The van der Waals surface area contributed by atoms with Crippen LogP contribution in [0, 0.1) is 17.1 Å². The Bertz CT molecular complexity index is 772. The zero-order valence-electron chi connectivity index (χ0n) is 16.1. The molecule has 0 bridgehead atoms. The van der Waals surface area contributed by atoms with Gasteiger partial charge in [-0.05, 0) is 53.0 Å². The second-order valence-electron chi connectivity index (χ2n) is 8.26. The van der Waals surface area contributed by atoms with Crippen molar-refractivity contribution in [1.82, 2.24) is 14.9 Å². The Morgan fingerprint density at radius 2 is 2.30 bits per heavy atom. The van der Waals surface area contributed by atoms with Crippen LogP contribution in [0.15, 0.2) is 18.3 Å². The van der Waals surface area contributed by atoms with E-state index in [0.29, 0.717) is 6.04 Å². The molecule has 146 valence electrons. The number of nitrogens with zero attached hydrogens (tertiary/aromatic N) is 4. The molecule has 3 N–H and O–H groups in total. The van der Waals surface area contributed by atoms with Crippen LogP contribution in [0.3, 0.4) is 0 Å². The average molecular weight is 374 g/mol. The highest BCUT2D eigenvalue weighted by molar-refractivity contribution is 5.45. The van der Waals surface area contributed by atoms with Gasteiger partial charge in [0.2, 0.25) is 5.95 Å². The molecule has 2 aliphatic rings. The van der Waals surface area contributed by atoms with E-state index < -0.39 is 11.5 Å². The SMILES string of the molecule is C=C(C#N)C(C)(O)Nc1ncc(F)c(NC2CC3CCCN3C(C)(C)C2)n1. The zero-order valence-corrected chi connectivity index (χ0v) is 16.1. The zero-order chi connectivity index (χ0) is 19.8. The minimum absolute atomic E-state index is 0.0258. The van der Waals surface area contributed by atoms with Gasteiger partial charge in [-0.15, -0.1) is 0 Å². The second kappa shape index (κ2) is 7.06. The summed E-state index contributed by atoms with van der Waals surface area (Å²) in [5.74, 6) is -0.429. The molecule has 3 rings (SSSR count). The summed E-state index contributed by atoms with van der Waals surface area (Å²) in [6.07, 6.45) is 5.25. The van der Waals surface area contributed by atoms with Crippen LogP contribution in [-0.2, 0) is 0 Å². The molecule has 2 saturated heterocycles. The molecule has 3 unspecified atom stereocenters. The van der Waals surface area contributed by atoms with Crippen molar-refractivity contribution < 1.29 is 9.50 Å². The van der Waals surface area contributed by atoms with Crippen LogP contribution >= 0.6 is 0 Å². The average Bonchev–Trinajstić information content (AvgIpc) is 3.06.